The van der Waals surface area contributed by atoms with Crippen molar-refractivity contribution in [3.05, 3.63) is 112 Å². The number of hydrogen-bond donors (Lipinski definition) is 4. The van der Waals surface area contributed by atoms with Crippen molar-refractivity contribution < 1.29 is 18.0 Å². The number of carbonyl (C=O) groups is 1. The number of anilines is 2. The Kier molecular flexibility index (Phi) is 8.50. The summed E-state index contributed by atoms with van der Waals surface area (Å²) in [6, 6.07) is 23.4. The molecular weight excluding hydrogens is 654 g/mol. The molecule has 0 fully saturated rings. The van der Waals surface area contributed by atoms with Gasteiger partial charge < -0.3 is 21.0 Å². The average Bonchev–Trinajstić information content (AvgIpc) is 3.67. The van der Waals surface area contributed by atoms with Crippen molar-refractivity contribution in [2.75, 3.05) is 11.1 Å². The molecule has 0 spiro atoms. The molecule has 0 radical (unpaired) electrons. The third kappa shape index (κ3) is 6.86. The van der Waals surface area contributed by atoms with E-state index >= 15 is 0 Å². The minimum Gasteiger partial charge on any atom is -0.384 e. The van der Waals surface area contributed by atoms with Crippen LogP contribution in [-0.2, 0) is 6.18 Å². The second kappa shape index (κ2) is 12.7. The summed E-state index contributed by atoms with van der Waals surface area (Å²) < 4.78 is 38.3. The lowest BCUT2D eigenvalue weighted by Crippen LogP contribution is -2.17. The molecule has 47 heavy (non-hydrogen) atoms. The van der Waals surface area contributed by atoms with Crippen molar-refractivity contribution in [1.82, 2.24) is 34.9 Å². The Labute approximate surface area is 274 Å². The zero-order valence-corrected chi connectivity index (χ0v) is 25.7. The van der Waals surface area contributed by atoms with E-state index in [-0.39, 0.29) is 17.1 Å². The van der Waals surface area contributed by atoms with Gasteiger partial charge in [-0.05, 0) is 67.6 Å². The predicted molar refractivity (Wildman–Crippen MR) is 175 cm³/mol. The highest BCUT2D eigenvalue weighted by molar-refractivity contribution is 6.33. The summed E-state index contributed by atoms with van der Waals surface area (Å²) in [6.07, 6.45) is -4.58. The number of aromatic nitrogens is 7. The van der Waals surface area contributed by atoms with Crippen LogP contribution in [0.2, 0.25) is 10.0 Å². The molecule has 0 atom stereocenters. The first-order chi connectivity index (χ1) is 22.5. The predicted octanol–water partition coefficient (Wildman–Crippen LogP) is 8.11. The van der Waals surface area contributed by atoms with E-state index in [1.54, 1.807) is 18.2 Å². The number of para-hydroxylation sites is 4. The number of halogens is 5. The van der Waals surface area contributed by atoms with Crippen LogP contribution in [0.4, 0.5) is 24.8 Å². The summed E-state index contributed by atoms with van der Waals surface area (Å²) in [5, 5.41) is 3.40. The van der Waals surface area contributed by atoms with Crippen LogP contribution in [0, 0.1) is 6.92 Å². The number of nitrogens with zero attached hydrogens (tertiary/aromatic N) is 5. The van der Waals surface area contributed by atoms with E-state index in [4.69, 9.17) is 28.9 Å². The van der Waals surface area contributed by atoms with Crippen LogP contribution in [0.3, 0.4) is 0 Å². The largest absolute Gasteiger partial charge is 0.433 e. The first kappa shape index (κ1) is 31.5. The average molecular weight is 676 g/mol. The van der Waals surface area contributed by atoms with Gasteiger partial charge in [0.05, 0.1) is 43.4 Å². The highest BCUT2D eigenvalue weighted by Crippen LogP contribution is 2.30. The quantitative estimate of drug-likeness (QED) is 0.147. The molecule has 0 aliphatic carbocycles. The number of carbonyl (C=O) groups excluding carboxylic acids is 1. The summed E-state index contributed by atoms with van der Waals surface area (Å²) in [5.74, 6) is 0.997. The summed E-state index contributed by atoms with van der Waals surface area (Å²) in [7, 11) is 0. The van der Waals surface area contributed by atoms with Gasteiger partial charge in [-0.2, -0.15) is 13.2 Å². The second-order valence-electron chi connectivity index (χ2n) is 10.1. The summed E-state index contributed by atoms with van der Waals surface area (Å²) >= 11 is 12.3. The Morgan fingerprint density at radius 3 is 1.83 bits per heavy atom. The van der Waals surface area contributed by atoms with Crippen molar-refractivity contribution in [2.45, 2.75) is 13.1 Å². The molecule has 7 aromatic rings. The van der Waals surface area contributed by atoms with Gasteiger partial charge in [-0.1, -0.05) is 47.5 Å². The van der Waals surface area contributed by atoms with Gasteiger partial charge in [0.2, 0.25) is 0 Å². The van der Waals surface area contributed by atoms with Crippen molar-refractivity contribution in [1.29, 1.82) is 0 Å². The maximum atomic E-state index is 12.8. The summed E-state index contributed by atoms with van der Waals surface area (Å²) in [5.41, 5.74) is 8.79. The van der Waals surface area contributed by atoms with Crippen molar-refractivity contribution >= 4 is 62.8 Å². The van der Waals surface area contributed by atoms with E-state index in [0.717, 1.165) is 34.2 Å². The molecule has 5 aromatic heterocycles. The Hall–Kier alpha value is -5.53. The van der Waals surface area contributed by atoms with Gasteiger partial charge in [-0.25, -0.2) is 24.9 Å². The molecule has 10 nitrogen and oxygen atoms in total. The molecule has 0 unspecified atom stereocenters. The summed E-state index contributed by atoms with van der Waals surface area (Å²) in [6.45, 7) is 1.33. The number of aromatic amines is 2. The van der Waals surface area contributed by atoms with Gasteiger partial charge in [-0.3, -0.25) is 4.79 Å². The monoisotopic (exact) mass is 675 g/mol. The normalized spacial score (nSPS) is 11.4. The van der Waals surface area contributed by atoms with Crippen molar-refractivity contribution in [3.8, 4) is 23.0 Å². The molecular formula is C32H22Cl2F3N9O. The molecule has 5 N–H and O–H groups in total. The number of nitrogens with one attached hydrogen (secondary N) is 3. The molecule has 2 aromatic carbocycles. The van der Waals surface area contributed by atoms with Crippen LogP contribution in [0.5, 0.6) is 0 Å². The number of alkyl halides is 3. The zero-order valence-electron chi connectivity index (χ0n) is 24.2. The van der Waals surface area contributed by atoms with E-state index in [9.17, 15) is 18.0 Å². The number of aryl methyl sites for hydroxylation is 1. The third-order valence-electron chi connectivity index (χ3n) is 6.80. The fourth-order valence-corrected chi connectivity index (χ4v) is 4.96. The molecule has 5 heterocycles. The van der Waals surface area contributed by atoms with Crippen LogP contribution < -0.4 is 11.1 Å². The van der Waals surface area contributed by atoms with Crippen LogP contribution >= 0.6 is 23.2 Å². The van der Waals surface area contributed by atoms with Gasteiger partial charge in [0.25, 0.3) is 5.91 Å². The first-order valence-electron chi connectivity index (χ1n) is 13.8. The maximum absolute atomic E-state index is 12.8. The van der Waals surface area contributed by atoms with Gasteiger partial charge in [0.15, 0.2) is 11.6 Å². The van der Waals surface area contributed by atoms with Crippen LogP contribution in [0.1, 0.15) is 21.7 Å². The number of amides is 1. The smallest absolute Gasteiger partial charge is 0.384 e. The molecule has 0 saturated carbocycles. The number of H-pyrrole nitrogens is 2. The topological polar surface area (TPSA) is 151 Å². The molecule has 0 saturated heterocycles. The zero-order chi connectivity index (χ0) is 33.3. The molecule has 1 amide bonds. The van der Waals surface area contributed by atoms with E-state index in [2.05, 4.69) is 40.2 Å². The highest BCUT2D eigenvalue weighted by atomic mass is 35.5. The van der Waals surface area contributed by atoms with Gasteiger partial charge in [-0.15, -0.1) is 0 Å². The fourth-order valence-electron chi connectivity index (χ4n) is 4.57. The molecule has 15 heteroatoms. The number of fused-ring (bicyclic) bond motifs is 2. The van der Waals surface area contributed by atoms with E-state index in [0.29, 0.717) is 38.9 Å². The van der Waals surface area contributed by atoms with Crippen molar-refractivity contribution in [3.63, 3.8) is 0 Å². The molecule has 0 aliphatic heterocycles. The van der Waals surface area contributed by atoms with Crippen LogP contribution in [-0.4, -0.2) is 40.8 Å². The fraction of sp³-hybridized carbons (Fsp3) is 0.0625. The number of benzene rings is 2. The van der Waals surface area contributed by atoms with E-state index in [1.165, 1.54) is 13.0 Å². The third-order valence-corrected chi connectivity index (χ3v) is 7.41. The summed E-state index contributed by atoms with van der Waals surface area (Å²) in [4.78, 5) is 39.7. The Balaban J connectivity index is 0.000000191. The van der Waals surface area contributed by atoms with Crippen molar-refractivity contribution in [2.24, 2.45) is 0 Å². The SMILES string of the molecule is Cc1nc(C(F)(F)F)ccc1C(=O)Nc1ccc(Cl)c(-c2nc3ccccc3[nH]2)n1.Nc1ccc(Cl)c(-c2nc3ccccc3[nH]2)n1. The van der Waals surface area contributed by atoms with Crippen LogP contribution in [0.15, 0.2) is 84.9 Å². The molecule has 0 aliphatic rings. The minimum absolute atomic E-state index is 0.00466. The molecule has 236 valence electrons. The number of rotatable bonds is 4. The van der Waals surface area contributed by atoms with Gasteiger partial charge in [0, 0.05) is 0 Å². The van der Waals surface area contributed by atoms with E-state index in [1.807, 2.05) is 48.5 Å². The standard InChI is InChI=1S/C20H13ClF3N5O.C12H9ClN4/c1-10-11(6-8-15(25-10)20(22,23)24)19(30)29-16-9-7-12(21)17(28-16)18-26-13-4-2-3-5-14(13)27-18;13-7-5-6-10(14)17-11(7)12-15-8-3-1-2-4-9(8)16-12/h2-9H,1H3,(H,26,27)(H,28,29,30);1-6H,(H2,14,17)(H,15,16). The maximum Gasteiger partial charge on any atom is 0.433 e. The Morgan fingerprint density at radius 2 is 1.28 bits per heavy atom. The molecule has 7 rings (SSSR count). The number of imidazole rings is 2. The lowest BCUT2D eigenvalue weighted by atomic mass is 10.1. The molecule has 0 bridgehead atoms. The Bertz CT molecular complexity index is 2200. The van der Waals surface area contributed by atoms with Gasteiger partial charge in [0.1, 0.15) is 28.7 Å². The van der Waals surface area contributed by atoms with Gasteiger partial charge >= 0.3 is 6.18 Å². The van der Waals surface area contributed by atoms with Crippen LogP contribution in [0.25, 0.3) is 45.1 Å². The number of nitrogen functional groups attached to an aromatic ring is 1. The highest BCUT2D eigenvalue weighted by Gasteiger charge is 2.33. The number of pyridine rings is 3. The van der Waals surface area contributed by atoms with E-state index < -0.39 is 17.8 Å². The second-order valence-corrected chi connectivity index (χ2v) is 10.9. The number of hydrogen-bond acceptors (Lipinski definition) is 7. The number of nitrogens with two attached hydrogens (primary N) is 1. The lowest BCUT2D eigenvalue weighted by molar-refractivity contribution is -0.141. The Morgan fingerprint density at radius 1 is 0.723 bits per heavy atom. The lowest BCUT2D eigenvalue weighted by Gasteiger charge is -2.11. The first-order valence-corrected chi connectivity index (χ1v) is 14.6. The minimum atomic E-state index is -4.58.